The van der Waals surface area contributed by atoms with Crippen molar-refractivity contribution in [2.24, 2.45) is 5.92 Å². The van der Waals surface area contributed by atoms with Crippen LogP contribution in [-0.2, 0) is 4.79 Å². The summed E-state index contributed by atoms with van der Waals surface area (Å²) >= 11 is 0. The van der Waals surface area contributed by atoms with E-state index in [-0.39, 0.29) is 11.9 Å². The molecule has 0 saturated carbocycles. The smallest absolute Gasteiger partial charge is 0.246 e. The van der Waals surface area contributed by atoms with Gasteiger partial charge in [-0.15, -0.1) is 0 Å². The molecule has 1 heterocycles. The fourth-order valence-corrected chi connectivity index (χ4v) is 3.99. The Morgan fingerprint density at radius 1 is 1.10 bits per heavy atom. The van der Waals surface area contributed by atoms with Crippen molar-refractivity contribution >= 4 is 11.6 Å². The van der Waals surface area contributed by atoms with Gasteiger partial charge in [-0.25, -0.2) is 0 Å². The molecule has 156 valence electrons. The lowest BCUT2D eigenvalue weighted by molar-refractivity contribution is -0.122. The van der Waals surface area contributed by atoms with Gasteiger partial charge in [-0.1, -0.05) is 30.3 Å². The summed E-state index contributed by atoms with van der Waals surface area (Å²) < 4.78 is 5.21. The second-order valence-electron chi connectivity index (χ2n) is 8.10. The minimum atomic E-state index is -0.270. The van der Waals surface area contributed by atoms with Crippen LogP contribution in [0.1, 0.15) is 30.9 Å². The van der Waals surface area contributed by atoms with E-state index in [4.69, 9.17) is 4.74 Å². The predicted octanol–water partition coefficient (Wildman–Crippen LogP) is 4.04. The van der Waals surface area contributed by atoms with E-state index < -0.39 is 0 Å². The van der Waals surface area contributed by atoms with E-state index in [1.807, 2.05) is 42.5 Å². The van der Waals surface area contributed by atoms with Gasteiger partial charge in [0.05, 0.1) is 7.11 Å². The Balaban J connectivity index is 1.69. The number of benzene rings is 2. The molecule has 1 N–H and O–H groups in total. The number of hydrogen-bond donors (Lipinski definition) is 1. The normalized spacial score (nSPS) is 16.6. The van der Waals surface area contributed by atoms with E-state index in [0.29, 0.717) is 0 Å². The molecule has 0 radical (unpaired) electrons. The Bertz CT molecular complexity index is 753. The van der Waals surface area contributed by atoms with E-state index >= 15 is 0 Å². The number of carbonyl (C=O) groups is 1. The number of amides is 1. The van der Waals surface area contributed by atoms with E-state index in [0.717, 1.165) is 55.4 Å². The maximum Gasteiger partial charge on any atom is 0.246 e. The Morgan fingerprint density at radius 3 is 2.34 bits per heavy atom. The summed E-state index contributed by atoms with van der Waals surface area (Å²) in [7, 11) is 5.90. The highest BCUT2D eigenvalue weighted by Crippen LogP contribution is 2.29. The first-order valence-corrected chi connectivity index (χ1v) is 10.5. The second kappa shape index (κ2) is 10.4. The largest absolute Gasteiger partial charge is 0.497 e. The predicted molar refractivity (Wildman–Crippen MR) is 118 cm³/mol. The SMILES string of the molecule is COc1ccc(NC(=O)[C@H](c2ccccc2)N2CCC(CCN(C)C)CC2)cc1. The van der Waals surface area contributed by atoms with Gasteiger partial charge in [0.2, 0.25) is 5.91 Å². The van der Waals surface area contributed by atoms with Gasteiger partial charge in [-0.2, -0.15) is 0 Å². The molecule has 1 atom stereocenters. The standard InChI is InChI=1S/C24H33N3O2/c1-26(2)16-13-19-14-17-27(18-15-19)23(20-7-5-4-6-8-20)24(28)25-21-9-11-22(29-3)12-10-21/h4-12,19,23H,13-18H2,1-3H3,(H,25,28)/t23-/m0/s1. The zero-order valence-corrected chi connectivity index (χ0v) is 17.8. The number of anilines is 1. The molecule has 1 aliphatic heterocycles. The van der Waals surface area contributed by atoms with Crippen LogP contribution in [0.2, 0.25) is 0 Å². The summed E-state index contributed by atoms with van der Waals surface area (Å²) in [6, 6.07) is 17.3. The molecule has 1 fully saturated rings. The summed E-state index contributed by atoms with van der Waals surface area (Å²) in [4.78, 5) is 17.9. The zero-order chi connectivity index (χ0) is 20.6. The molecule has 3 rings (SSSR count). The zero-order valence-electron chi connectivity index (χ0n) is 17.8. The molecule has 0 spiro atoms. The van der Waals surface area contributed by atoms with Gasteiger partial charge in [-0.3, -0.25) is 9.69 Å². The number of nitrogens with zero attached hydrogens (tertiary/aromatic N) is 2. The molecule has 2 aromatic carbocycles. The van der Waals surface area contributed by atoms with E-state index in [2.05, 4.69) is 41.3 Å². The molecule has 0 unspecified atom stereocenters. The van der Waals surface area contributed by atoms with Crippen molar-refractivity contribution in [2.75, 3.05) is 46.2 Å². The Kier molecular flexibility index (Phi) is 7.67. The van der Waals surface area contributed by atoms with Crippen molar-refractivity contribution in [3.05, 3.63) is 60.2 Å². The molecule has 2 aromatic rings. The van der Waals surface area contributed by atoms with Crippen LogP contribution in [0, 0.1) is 5.92 Å². The lowest BCUT2D eigenvalue weighted by atomic mass is 9.91. The fourth-order valence-electron chi connectivity index (χ4n) is 3.99. The van der Waals surface area contributed by atoms with Gasteiger partial charge in [-0.05, 0) is 88.7 Å². The molecule has 1 aliphatic rings. The molecular formula is C24H33N3O2. The number of carbonyl (C=O) groups excluding carboxylic acids is 1. The van der Waals surface area contributed by atoms with Crippen molar-refractivity contribution in [1.82, 2.24) is 9.80 Å². The first-order chi connectivity index (χ1) is 14.1. The molecule has 0 bridgehead atoms. The number of methoxy groups -OCH3 is 1. The number of rotatable bonds is 8. The number of ether oxygens (including phenoxy) is 1. The minimum Gasteiger partial charge on any atom is -0.497 e. The number of nitrogens with one attached hydrogen (secondary N) is 1. The van der Waals surface area contributed by atoms with E-state index in [9.17, 15) is 4.79 Å². The molecule has 0 aromatic heterocycles. The van der Waals surface area contributed by atoms with Gasteiger partial charge >= 0.3 is 0 Å². The quantitative estimate of drug-likeness (QED) is 0.733. The molecule has 29 heavy (non-hydrogen) atoms. The van der Waals surface area contributed by atoms with Crippen LogP contribution in [-0.4, -0.2) is 56.5 Å². The first-order valence-electron chi connectivity index (χ1n) is 10.5. The van der Waals surface area contributed by atoms with Crippen LogP contribution in [0.15, 0.2) is 54.6 Å². The highest BCUT2D eigenvalue weighted by molar-refractivity contribution is 5.95. The Labute approximate surface area is 174 Å². The van der Waals surface area contributed by atoms with E-state index in [1.165, 1.54) is 6.42 Å². The molecular weight excluding hydrogens is 362 g/mol. The molecule has 0 aliphatic carbocycles. The highest BCUT2D eigenvalue weighted by atomic mass is 16.5. The van der Waals surface area contributed by atoms with Gasteiger partial charge in [0.1, 0.15) is 11.8 Å². The average molecular weight is 396 g/mol. The van der Waals surface area contributed by atoms with Crippen molar-refractivity contribution < 1.29 is 9.53 Å². The molecule has 1 saturated heterocycles. The Morgan fingerprint density at radius 2 is 1.76 bits per heavy atom. The van der Waals surface area contributed by atoms with Crippen molar-refractivity contribution in [1.29, 1.82) is 0 Å². The monoisotopic (exact) mass is 395 g/mol. The third-order valence-corrected chi connectivity index (χ3v) is 5.72. The number of piperidine rings is 1. The topological polar surface area (TPSA) is 44.8 Å². The molecule has 1 amide bonds. The van der Waals surface area contributed by atoms with E-state index in [1.54, 1.807) is 7.11 Å². The molecule has 5 nitrogen and oxygen atoms in total. The second-order valence-corrected chi connectivity index (χ2v) is 8.10. The Hall–Kier alpha value is -2.37. The van der Waals surface area contributed by atoms with Crippen molar-refractivity contribution in [3.63, 3.8) is 0 Å². The number of hydrogen-bond acceptors (Lipinski definition) is 4. The highest BCUT2D eigenvalue weighted by Gasteiger charge is 2.31. The summed E-state index contributed by atoms with van der Waals surface area (Å²) in [5.74, 6) is 1.55. The van der Waals surface area contributed by atoms with Crippen LogP contribution in [0.3, 0.4) is 0 Å². The third-order valence-electron chi connectivity index (χ3n) is 5.72. The molecule has 5 heteroatoms. The number of likely N-dealkylation sites (tertiary alicyclic amines) is 1. The maximum atomic E-state index is 13.3. The first kappa shape index (κ1) is 21.3. The summed E-state index contributed by atoms with van der Waals surface area (Å²) in [5, 5.41) is 3.10. The van der Waals surface area contributed by atoms with Crippen molar-refractivity contribution in [3.8, 4) is 5.75 Å². The summed E-state index contributed by atoms with van der Waals surface area (Å²) in [6.45, 7) is 3.03. The maximum absolute atomic E-state index is 13.3. The van der Waals surface area contributed by atoms with Gasteiger partial charge in [0.25, 0.3) is 0 Å². The average Bonchev–Trinajstić information content (AvgIpc) is 2.74. The third kappa shape index (κ3) is 6.05. The van der Waals surface area contributed by atoms with Crippen LogP contribution in [0.25, 0.3) is 0 Å². The lowest BCUT2D eigenvalue weighted by Gasteiger charge is -2.37. The van der Waals surface area contributed by atoms with Crippen LogP contribution < -0.4 is 10.1 Å². The minimum absolute atomic E-state index is 0.0214. The summed E-state index contributed by atoms with van der Waals surface area (Å²) in [6.07, 6.45) is 3.52. The summed E-state index contributed by atoms with van der Waals surface area (Å²) in [5.41, 5.74) is 1.84. The van der Waals surface area contributed by atoms with Gasteiger partial charge in [0, 0.05) is 5.69 Å². The van der Waals surface area contributed by atoms with Gasteiger partial charge in [0.15, 0.2) is 0 Å². The van der Waals surface area contributed by atoms with Crippen molar-refractivity contribution in [2.45, 2.75) is 25.3 Å². The fraction of sp³-hybridized carbons (Fsp3) is 0.458. The van der Waals surface area contributed by atoms with Crippen LogP contribution in [0.4, 0.5) is 5.69 Å². The lowest BCUT2D eigenvalue weighted by Crippen LogP contribution is -2.42. The van der Waals surface area contributed by atoms with Crippen LogP contribution >= 0.6 is 0 Å². The van der Waals surface area contributed by atoms with Gasteiger partial charge < -0.3 is 15.0 Å². The van der Waals surface area contributed by atoms with Crippen LogP contribution in [0.5, 0.6) is 5.75 Å².